The molecule has 0 unspecified atom stereocenters. The normalized spacial score (nSPS) is 11.6. The number of methoxy groups -OCH3 is 2. The maximum Gasteiger partial charge on any atom is 0.303 e. The lowest BCUT2D eigenvalue weighted by atomic mass is 10.0. The standard InChI is InChI=1S/C8H16O2.C7H14O3/c1-7(9)5-6-8(2,3)10-4;1-7(2,10-3)5-4-6(8)9/h5-6H2,1-4H3;4-5H2,1-3H3,(H,8,9). The molecule has 5 heteroatoms. The summed E-state index contributed by atoms with van der Waals surface area (Å²) in [6.45, 7) is 9.31. The highest BCUT2D eigenvalue weighted by Crippen LogP contribution is 2.15. The van der Waals surface area contributed by atoms with Gasteiger partial charge in [-0.3, -0.25) is 4.79 Å². The Morgan fingerprint density at radius 3 is 1.50 bits per heavy atom. The van der Waals surface area contributed by atoms with E-state index in [2.05, 4.69) is 0 Å². The Hall–Kier alpha value is -0.940. The van der Waals surface area contributed by atoms with E-state index in [1.165, 1.54) is 0 Å². The number of rotatable bonds is 8. The highest BCUT2D eigenvalue weighted by atomic mass is 16.5. The van der Waals surface area contributed by atoms with Crippen LogP contribution in [0.5, 0.6) is 0 Å². The first kappa shape index (κ1) is 21.4. The number of carboxylic acids is 1. The van der Waals surface area contributed by atoms with Gasteiger partial charge in [-0.25, -0.2) is 0 Å². The van der Waals surface area contributed by atoms with Crippen molar-refractivity contribution in [1.82, 2.24) is 0 Å². The third kappa shape index (κ3) is 15.1. The molecule has 0 saturated carbocycles. The van der Waals surface area contributed by atoms with E-state index in [4.69, 9.17) is 14.6 Å². The van der Waals surface area contributed by atoms with Crippen molar-refractivity contribution >= 4 is 11.8 Å². The number of Topliss-reactive ketones (excluding diaryl/α,β-unsaturated/α-hetero) is 1. The summed E-state index contributed by atoms with van der Waals surface area (Å²) >= 11 is 0. The van der Waals surface area contributed by atoms with E-state index in [1.54, 1.807) is 21.1 Å². The number of carbonyl (C=O) groups excluding carboxylic acids is 1. The number of hydrogen-bond donors (Lipinski definition) is 1. The van der Waals surface area contributed by atoms with Crippen LogP contribution in [-0.2, 0) is 19.1 Å². The van der Waals surface area contributed by atoms with Gasteiger partial charge in [0, 0.05) is 27.1 Å². The Morgan fingerprint density at radius 1 is 0.900 bits per heavy atom. The lowest BCUT2D eigenvalue weighted by Gasteiger charge is -2.21. The molecule has 0 aromatic heterocycles. The number of aliphatic carboxylic acids is 1. The smallest absolute Gasteiger partial charge is 0.303 e. The fraction of sp³-hybridized carbons (Fsp3) is 0.867. The average Bonchev–Trinajstić information content (AvgIpc) is 2.35. The van der Waals surface area contributed by atoms with Crippen LogP contribution < -0.4 is 0 Å². The molecule has 0 fully saturated rings. The zero-order valence-corrected chi connectivity index (χ0v) is 13.9. The fourth-order valence-electron chi connectivity index (χ4n) is 1.09. The van der Waals surface area contributed by atoms with Gasteiger partial charge in [-0.15, -0.1) is 0 Å². The lowest BCUT2D eigenvalue weighted by Crippen LogP contribution is -2.23. The minimum absolute atomic E-state index is 0.147. The Kier molecular flexibility index (Phi) is 10.6. The second-order valence-corrected chi connectivity index (χ2v) is 6.02. The fourth-order valence-corrected chi connectivity index (χ4v) is 1.09. The van der Waals surface area contributed by atoms with Crippen LogP contribution in [0.25, 0.3) is 0 Å². The second kappa shape index (κ2) is 9.88. The molecule has 0 saturated heterocycles. The summed E-state index contributed by atoms with van der Waals surface area (Å²) in [7, 11) is 3.25. The Morgan fingerprint density at radius 2 is 1.25 bits per heavy atom. The van der Waals surface area contributed by atoms with Gasteiger partial charge in [-0.05, 0) is 47.5 Å². The van der Waals surface area contributed by atoms with Gasteiger partial charge in [0.05, 0.1) is 11.2 Å². The van der Waals surface area contributed by atoms with Crippen molar-refractivity contribution in [1.29, 1.82) is 0 Å². The van der Waals surface area contributed by atoms with Crippen molar-refractivity contribution in [3.8, 4) is 0 Å². The first-order chi connectivity index (χ1) is 8.95. The van der Waals surface area contributed by atoms with Gasteiger partial charge >= 0.3 is 5.97 Å². The topological polar surface area (TPSA) is 72.8 Å². The first-order valence-electron chi connectivity index (χ1n) is 6.77. The third-order valence-electron chi connectivity index (χ3n) is 3.13. The minimum atomic E-state index is -0.773. The van der Waals surface area contributed by atoms with Gasteiger partial charge in [0.15, 0.2) is 0 Å². The molecule has 1 N–H and O–H groups in total. The summed E-state index contributed by atoms with van der Waals surface area (Å²) in [6.07, 6.45) is 2.14. The van der Waals surface area contributed by atoms with Gasteiger partial charge in [0.1, 0.15) is 5.78 Å². The molecule has 0 bridgehead atoms. The van der Waals surface area contributed by atoms with Gasteiger partial charge in [0.2, 0.25) is 0 Å². The van der Waals surface area contributed by atoms with Crippen molar-refractivity contribution in [2.24, 2.45) is 0 Å². The predicted octanol–water partition coefficient (Wildman–Crippen LogP) is 3.06. The molecule has 0 aromatic carbocycles. The van der Waals surface area contributed by atoms with Gasteiger partial charge in [-0.2, -0.15) is 0 Å². The van der Waals surface area contributed by atoms with E-state index in [9.17, 15) is 9.59 Å². The van der Waals surface area contributed by atoms with Crippen molar-refractivity contribution < 1.29 is 24.2 Å². The van der Waals surface area contributed by atoms with Crippen molar-refractivity contribution in [3.63, 3.8) is 0 Å². The summed E-state index contributed by atoms with van der Waals surface area (Å²) < 4.78 is 10.2. The monoisotopic (exact) mass is 290 g/mol. The van der Waals surface area contributed by atoms with Gasteiger partial charge < -0.3 is 19.4 Å². The van der Waals surface area contributed by atoms with Gasteiger partial charge in [0.25, 0.3) is 0 Å². The average molecular weight is 290 g/mol. The molecule has 0 aliphatic rings. The molecule has 0 aliphatic carbocycles. The summed E-state index contributed by atoms with van der Waals surface area (Å²) in [4.78, 5) is 20.7. The van der Waals surface area contributed by atoms with Crippen LogP contribution in [0.4, 0.5) is 0 Å². The highest BCUT2D eigenvalue weighted by Gasteiger charge is 2.17. The zero-order chi connectivity index (χ0) is 16.4. The van der Waals surface area contributed by atoms with E-state index in [0.717, 1.165) is 6.42 Å². The molecular weight excluding hydrogens is 260 g/mol. The van der Waals surface area contributed by atoms with Crippen LogP contribution in [0, 0.1) is 0 Å². The predicted molar refractivity (Wildman–Crippen MR) is 79.0 cm³/mol. The summed E-state index contributed by atoms with van der Waals surface area (Å²) in [6, 6.07) is 0. The van der Waals surface area contributed by atoms with Crippen molar-refractivity contribution in [2.75, 3.05) is 14.2 Å². The molecule has 0 aliphatic heterocycles. The van der Waals surface area contributed by atoms with E-state index in [0.29, 0.717) is 12.8 Å². The summed E-state index contributed by atoms with van der Waals surface area (Å²) in [5.41, 5.74) is -0.454. The van der Waals surface area contributed by atoms with E-state index in [-0.39, 0.29) is 23.4 Å². The Bertz CT molecular complexity index is 265. The summed E-state index contributed by atoms with van der Waals surface area (Å²) in [5, 5.41) is 8.32. The maximum atomic E-state index is 10.6. The van der Waals surface area contributed by atoms with E-state index in [1.807, 2.05) is 27.7 Å². The maximum absolute atomic E-state index is 10.6. The second-order valence-electron chi connectivity index (χ2n) is 6.02. The molecular formula is C15H30O5. The number of hydrogen-bond acceptors (Lipinski definition) is 4. The van der Waals surface area contributed by atoms with Crippen molar-refractivity contribution in [3.05, 3.63) is 0 Å². The molecule has 5 nitrogen and oxygen atoms in total. The lowest BCUT2D eigenvalue weighted by molar-refractivity contribution is -0.138. The number of carbonyl (C=O) groups is 2. The molecule has 20 heavy (non-hydrogen) atoms. The minimum Gasteiger partial charge on any atom is -0.481 e. The molecule has 0 rings (SSSR count). The third-order valence-corrected chi connectivity index (χ3v) is 3.13. The SMILES string of the molecule is COC(C)(C)CCC(=O)O.COC(C)(C)CCC(C)=O. The van der Waals surface area contributed by atoms with Crippen LogP contribution >= 0.6 is 0 Å². The molecule has 0 heterocycles. The van der Waals surface area contributed by atoms with Crippen LogP contribution in [-0.4, -0.2) is 42.3 Å². The summed E-state index contributed by atoms with van der Waals surface area (Å²) in [5.74, 6) is -0.546. The van der Waals surface area contributed by atoms with E-state index < -0.39 is 5.97 Å². The largest absolute Gasteiger partial charge is 0.481 e. The van der Waals surface area contributed by atoms with Crippen LogP contribution in [0.2, 0.25) is 0 Å². The van der Waals surface area contributed by atoms with Crippen LogP contribution in [0.3, 0.4) is 0 Å². The van der Waals surface area contributed by atoms with E-state index >= 15 is 0 Å². The Labute approximate surface area is 122 Å². The van der Waals surface area contributed by atoms with Crippen molar-refractivity contribution in [2.45, 2.75) is 71.5 Å². The zero-order valence-electron chi connectivity index (χ0n) is 13.9. The Balaban J connectivity index is 0. The van der Waals surface area contributed by atoms with Crippen LogP contribution in [0.15, 0.2) is 0 Å². The number of carboxylic acid groups (broad SMARTS) is 1. The molecule has 120 valence electrons. The molecule has 0 spiro atoms. The van der Waals surface area contributed by atoms with Crippen LogP contribution in [0.1, 0.15) is 60.3 Å². The molecule has 0 atom stereocenters. The van der Waals surface area contributed by atoms with Gasteiger partial charge in [-0.1, -0.05) is 0 Å². The molecule has 0 aromatic rings. The number of ketones is 1. The molecule has 0 amide bonds. The number of ether oxygens (including phenoxy) is 2. The quantitative estimate of drug-likeness (QED) is 0.743. The highest BCUT2D eigenvalue weighted by molar-refractivity contribution is 5.75. The first-order valence-corrected chi connectivity index (χ1v) is 6.77. The molecule has 0 radical (unpaired) electrons.